The Hall–Kier alpha value is -1.62. The third-order valence-corrected chi connectivity index (χ3v) is 6.44. The number of aliphatic hydroxyl groups is 1. The van der Waals surface area contributed by atoms with Crippen molar-refractivity contribution in [2.75, 3.05) is 0 Å². The van der Waals surface area contributed by atoms with E-state index in [1.54, 1.807) is 11.3 Å². The van der Waals surface area contributed by atoms with Gasteiger partial charge in [0.2, 0.25) is 0 Å². The molecule has 1 aliphatic rings. The van der Waals surface area contributed by atoms with Crippen molar-refractivity contribution in [1.82, 2.24) is 4.98 Å². The van der Waals surface area contributed by atoms with Crippen LogP contribution < -0.4 is 4.74 Å². The van der Waals surface area contributed by atoms with Gasteiger partial charge in [-0.2, -0.15) is 0 Å². The van der Waals surface area contributed by atoms with E-state index in [0.29, 0.717) is 10.9 Å². The maximum absolute atomic E-state index is 9.49. The number of rotatable bonds is 4. The Morgan fingerprint density at radius 1 is 1.27 bits per heavy atom. The first-order valence-corrected chi connectivity index (χ1v) is 10.2. The predicted octanol–water partition coefficient (Wildman–Crippen LogP) is 5.98. The van der Waals surface area contributed by atoms with E-state index < -0.39 is 0 Å². The van der Waals surface area contributed by atoms with Crippen molar-refractivity contribution in [3.05, 3.63) is 45.9 Å². The predicted molar refractivity (Wildman–Crippen MR) is 108 cm³/mol. The highest BCUT2D eigenvalue weighted by atomic mass is 35.5. The maximum atomic E-state index is 9.49. The molecule has 3 aromatic rings. The van der Waals surface area contributed by atoms with E-state index in [1.807, 2.05) is 30.5 Å². The Bertz CT molecular complexity index is 953. The number of hydrogen-bond donors (Lipinski definition) is 1. The number of halogens is 1. The Morgan fingerprint density at radius 3 is 2.85 bits per heavy atom. The molecule has 1 aliphatic carbocycles. The fraction of sp³-hybridized carbons (Fsp3) is 0.381. The standard InChI is InChI=1S/C21H22ClNO2S/c1-12-3-4-15(7-12)25-20-13(2)8-14(22)9-18(20)17-5-6-23-19-10-16(11-24)26-21(17)19/h5-6,8-10,12,15,24H,3-4,7,11H2,1-2H3/t12-,15+/m0/s1. The summed E-state index contributed by atoms with van der Waals surface area (Å²) in [7, 11) is 0. The second-order valence-corrected chi connectivity index (χ2v) is 8.77. The van der Waals surface area contributed by atoms with Gasteiger partial charge in [0.05, 0.1) is 22.9 Å². The molecule has 0 aliphatic heterocycles. The summed E-state index contributed by atoms with van der Waals surface area (Å²) in [6.07, 6.45) is 5.49. The topological polar surface area (TPSA) is 42.4 Å². The summed E-state index contributed by atoms with van der Waals surface area (Å²) in [6, 6.07) is 7.90. The number of aryl methyl sites for hydroxylation is 1. The zero-order valence-corrected chi connectivity index (χ0v) is 16.5. The number of hydrogen-bond acceptors (Lipinski definition) is 4. The Kier molecular flexibility index (Phi) is 4.91. The number of nitrogens with zero attached hydrogens (tertiary/aromatic N) is 1. The van der Waals surface area contributed by atoms with Gasteiger partial charge in [-0.3, -0.25) is 4.98 Å². The summed E-state index contributed by atoms with van der Waals surface area (Å²) in [4.78, 5) is 5.36. The van der Waals surface area contributed by atoms with Gasteiger partial charge in [0.15, 0.2) is 0 Å². The minimum absolute atomic E-state index is 0.0262. The molecule has 0 spiro atoms. The first-order valence-electron chi connectivity index (χ1n) is 9.00. The van der Waals surface area contributed by atoms with Crippen LogP contribution in [0.25, 0.3) is 21.3 Å². The molecule has 0 unspecified atom stereocenters. The number of pyridine rings is 1. The summed E-state index contributed by atoms with van der Waals surface area (Å²) < 4.78 is 7.53. The van der Waals surface area contributed by atoms with Crippen molar-refractivity contribution in [3.8, 4) is 16.9 Å². The van der Waals surface area contributed by atoms with Crippen molar-refractivity contribution < 1.29 is 9.84 Å². The van der Waals surface area contributed by atoms with Gasteiger partial charge in [0.1, 0.15) is 5.75 Å². The second kappa shape index (κ2) is 7.18. The van der Waals surface area contributed by atoms with Crippen molar-refractivity contribution in [3.63, 3.8) is 0 Å². The molecule has 2 atom stereocenters. The van der Waals surface area contributed by atoms with E-state index >= 15 is 0 Å². The van der Waals surface area contributed by atoms with E-state index in [4.69, 9.17) is 16.3 Å². The third kappa shape index (κ3) is 3.34. The molecular weight excluding hydrogens is 366 g/mol. The smallest absolute Gasteiger partial charge is 0.130 e. The van der Waals surface area contributed by atoms with Gasteiger partial charge >= 0.3 is 0 Å². The van der Waals surface area contributed by atoms with Gasteiger partial charge in [-0.15, -0.1) is 11.3 Å². The molecule has 136 valence electrons. The lowest BCUT2D eigenvalue weighted by molar-refractivity contribution is 0.205. The van der Waals surface area contributed by atoms with Gasteiger partial charge < -0.3 is 9.84 Å². The zero-order valence-electron chi connectivity index (χ0n) is 15.0. The zero-order chi connectivity index (χ0) is 18.3. The quantitative estimate of drug-likeness (QED) is 0.598. The van der Waals surface area contributed by atoms with E-state index in [1.165, 1.54) is 6.42 Å². The lowest BCUT2D eigenvalue weighted by Crippen LogP contribution is -2.13. The van der Waals surface area contributed by atoms with E-state index in [-0.39, 0.29) is 12.7 Å². The number of aliphatic hydroxyl groups excluding tert-OH is 1. The van der Waals surface area contributed by atoms with E-state index in [2.05, 4.69) is 18.8 Å². The largest absolute Gasteiger partial charge is 0.489 e. The van der Waals surface area contributed by atoms with Crippen molar-refractivity contribution in [2.45, 2.75) is 45.8 Å². The highest BCUT2D eigenvalue weighted by Gasteiger charge is 2.25. The molecule has 26 heavy (non-hydrogen) atoms. The SMILES string of the molecule is Cc1cc(Cl)cc(-c2ccnc3cc(CO)sc23)c1O[C@@H]1CC[C@H](C)C1. The summed E-state index contributed by atoms with van der Waals surface area (Å²) in [6.45, 7) is 4.36. The highest BCUT2D eigenvalue weighted by Crippen LogP contribution is 2.42. The number of benzene rings is 1. The van der Waals surface area contributed by atoms with Crippen molar-refractivity contribution in [1.29, 1.82) is 0 Å². The fourth-order valence-electron chi connectivity index (χ4n) is 3.79. The van der Waals surface area contributed by atoms with Gasteiger partial charge in [-0.25, -0.2) is 0 Å². The first-order chi connectivity index (χ1) is 12.5. The second-order valence-electron chi connectivity index (χ2n) is 7.20. The number of fused-ring (bicyclic) bond motifs is 1. The first kappa shape index (κ1) is 17.8. The number of thiophene rings is 1. The molecule has 2 heterocycles. The Morgan fingerprint density at radius 2 is 2.12 bits per heavy atom. The molecule has 1 N–H and O–H groups in total. The van der Waals surface area contributed by atoms with Crippen LogP contribution in [0.5, 0.6) is 5.75 Å². The van der Waals surface area contributed by atoms with Crippen LogP contribution in [0, 0.1) is 12.8 Å². The summed E-state index contributed by atoms with van der Waals surface area (Å²) >= 11 is 7.96. The lowest BCUT2D eigenvalue weighted by Gasteiger charge is -2.20. The molecule has 5 heteroatoms. The van der Waals surface area contributed by atoms with Crippen LogP contribution in [0.4, 0.5) is 0 Å². The average molecular weight is 388 g/mol. The molecule has 1 fully saturated rings. The average Bonchev–Trinajstić information content (AvgIpc) is 3.22. The molecule has 4 rings (SSSR count). The van der Waals surface area contributed by atoms with E-state index in [9.17, 15) is 5.11 Å². The van der Waals surface area contributed by atoms with Gasteiger partial charge in [-0.1, -0.05) is 18.5 Å². The number of ether oxygens (including phenoxy) is 1. The van der Waals surface area contributed by atoms with Gasteiger partial charge in [-0.05, 0) is 61.9 Å². The highest BCUT2D eigenvalue weighted by molar-refractivity contribution is 7.19. The van der Waals surface area contributed by atoms with Crippen LogP contribution in [-0.2, 0) is 6.61 Å². The summed E-state index contributed by atoms with van der Waals surface area (Å²) in [5.74, 6) is 1.63. The van der Waals surface area contributed by atoms with Crippen LogP contribution >= 0.6 is 22.9 Å². The molecule has 3 nitrogen and oxygen atoms in total. The number of aromatic nitrogens is 1. The normalized spacial score (nSPS) is 20.0. The van der Waals surface area contributed by atoms with Crippen LogP contribution in [0.15, 0.2) is 30.5 Å². The molecular formula is C21H22ClNO2S. The molecule has 1 aromatic carbocycles. The van der Waals surface area contributed by atoms with Crippen LogP contribution in [0.2, 0.25) is 5.02 Å². The molecule has 1 saturated carbocycles. The van der Waals surface area contributed by atoms with Crippen LogP contribution in [-0.4, -0.2) is 16.2 Å². The Balaban J connectivity index is 1.84. The van der Waals surface area contributed by atoms with E-state index in [0.717, 1.165) is 50.4 Å². The minimum atomic E-state index is 0.0262. The molecule has 0 radical (unpaired) electrons. The monoisotopic (exact) mass is 387 g/mol. The fourth-order valence-corrected chi connectivity index (χ4v) is 5.07. The van der Waals surface area contributed by atoms with Gasteiger partial charge in [0.25, 0.3) is 0 Å². The molecule has 2 aromatic heterocycles. The molecule has 0 bridgehead atoms. The minimum Gasteiger partial charge on any atom is -0.489 e. The Labute approximate surface area is 162 Å². The van der Waals surface area contributed by atoms with Crippen molar-refractivity contribution >= 4 is 33.2 Å². The molecule has 0 saturated heterocycles. The van der Waals surface area contributed by atoms with Crippen LogP contribution in [0.1, 0.15) is 36.6 Å². The summed E-state index contributed by atoms with van der Waals surface area (Å²) in [5, 5.41) is 10.2. The summed E-state index contributed by atoms with van der Waals surface area (Å²) in [5.41, 5.74) is 4.02. The lowest BCUT2D eigenvalue weighted by atomic mass is 10.0. The maximum Gasteiger partial charge on any atom is 0.130 e. The third-order valence-electron chi connectivity index (χ3n) is 5.08. The van der Waals surface area contributed by atoms with Crippen molar-refractivity contribution in [2.24, 2.45) is 5.92 Å². The molecule has 0 amide bonds. The van der Waals surface area contributed by atoms with Gasteiger partial charge in [0, 0.05) is 27.2 Å². The van der Waals surface area contributed by atoms with Crippen LogP contribution in [0.3, 0.4) is 0 Å².